The van der Waals surface area contributed by atoms with Crippen LogP contribution in [-0.4, -0.2) is 34.6 Å². The Hall–Kier alpha value is -2.54. The zero-order valence-corrected chi connectivity index (χ0v) is 22.5. The maximum Gasteiger partial charge on any atom is 0.243 e. The first-order valence-corrected chi connectivity index (χ1v) is 13.5. The van der Waals surface area contributed by atoms with Crippen molar-refractivity contribution in [3.05, 3.63) is 105 Å². The van der Waals surface area contributed by atoms with E-state index in [-0.39, 0.29) is 36.0 Å². The first-order valence-electron chi connectivity index (χ1n) is 11.6. The SMILES string of the molecule is CC(C)NC(=O)[C@H](Cc1ccccc1)N(Cc1c(Cl)cccc1Cl)C(=O)CSCc1ccc(F)cc1. The molecule has 1 N–H and O–H groups in total. The Morgan fingerprint density at radius 1 is 0.917 bits per heavy atom. The van der Waals surface area contributed by atoms with Gasteiger partial charge in [0.15, 0.2) is 0 Å². The minimum atomic E-state index is -0.763. The van der Waals surface area contributed by atoms with Gasteiger partial charge in [-0.05, 0) is 49.2 Å². The van der Waals surface area contributed by atoms with Gasteiger partial charge in [-0.3, -0.25) is 9.59 Å². The monoisotopic (exact) mass is 546 g/mol. The summed E-state index contributed by atoms with van der Waals surface area (Å²) in [5.74, 6) is -0.0806. The minimum Gasteiger partial charge on any atom is -0.352 e. The number of thioether (sulfide) groups is 1. The van der Waals surface area contributed by atoms with E-state index >= 15 is 0 Å². The zero-order valence-electron chi connectivity index (χ0n) is 20.2. The molecule has 3 rings (SSSR count). The molecule has 3 aromatic rings. The van der Waals surface area contributed by atoms with Crippen LogP contribution < -0.4 is 5.32 Å². The fourth-order valence-electron chi connectivity index (χ4n) is 3.71. The van der Waals surface area contributed by atoms with Crippen LogP contribution in [0, 0.1) is 5.82 Å². The fraction of sp³-hybridized carbons (Fsp3) is 0.286. The maximum absolute atomic E-state index is 13.6. The molecular formula is C28H29Cl2FN2O2S. The number of benzene rings is 3. The van der Waals surface area contributed by atoms with E-state index in [0.717, 1.165) is 11.1 Å². The second kappa shape index (κ2) is 13.7. The third-order valence-corrected chi connectivity index (χ3v) is 7.20. The van der Waals surface area contributed by atoms with Crippen LogP contribution in [0.2, 0.25) is 10.0 Å². The van der Waals surface area contributed by atoms with E-state index in [2.05, 4.69) is 5.32 Å². The highest BCUT2D eigenvalue weighted by molar-refractivity contribution is 7.99. The van der Waals surface area contributed by atoms with Gasteiger partial charge in [-0.25, -0.2) is 4.39 Å². The van der Waals surface area contributed by atoms with Crippen LogP contribution in [0.4, 0.5) is 4.39 Å². The van der Waals surface area contributed by atoms with Crippen LogP contribution in [0.3, 0.4) is 0 Å². The predicted octanol–water partition coefficient (Wildman–Crippen LogP) is 6.53. The molecule has 0 heterocycles. The van der Waals surface area contributed by atoms with Crippen LogP contribution in [0.1, 0.15) is 30.5 Å². The fourth-order valence-corrected chi connectivity index (χ4v) is 5.10. The van der Waals surface area contributed by atoms with Gasteiger partial charge < -0.3 is 10.2 Å². The number of rotatable bonds is 11. The van der Waals surface area contributed by atoms with Gasteiger partial charge in [0.1, 0.15) is 11.9 Å². The van der Waals surface area contributed by atoms with Crippen molar-refractivity contribution in [3.63, 3.8) is 0 Å². The minimum absolute atomic E-state index is 0.0931. The van der Waals surface area contributed by atoms with E-state index in [4.69, 9.17) is 23.2 Å². The first-order chi connectivity index (χ1) is 17.2. The van der Waals surface area contributed by atoms with E-state index < -0.39 is 6.04 Å². The summed E-state index contributed by atoms with van der Waals surface area (Å²) < 4.78 is 13.2. The van der Waals surface area contributed by atoms with Gasteiger partial charge >= 0.3 is 0 Å². The van der Waals surface area contributed by atoms with Gasteiger partial charge in [0.25, 0.3) is 0 Å². The van der Waals surface area contributed by atoms with Gasteiger partial charge in [-0.1, -0.05) is 71.7 Å². The van der Waals surface area contributed by atoms with E-state index in [1.54, 1.807) is 35.2 Å². The summed E-state index contributed by atoms with van der Waals surface area (Å²) in [4.78, 5) is 28.6. The Balaban J connectivity index is 1.89. The molecule has 0 radical (unpaired) electrons. The molecule has 0 spiro atoms. The van der Waals surface area contributed by atoms with Crippen molar-refractivity contribution in [1.29, 1.82) is 0 Å². The number of carbonyl (C=O) groups is 2. The van der Waals surface area contributed by atoms with Crippen molar-refractivity contribution in [3.8, 4) is 0 Å². The van der Waals surface area contributed by atoms with Crippen molar-refractivity contribution in [2.75, 3.05) is 5.75 Å². The second-order valence-corrected chi connectivity index (χ2v) is 10.5. The van der Waals surface area contributed by atoms with Crippen molar-refractivity contribution in [1.82, 2.24) is 10.2 Å². The molecule has 190 valence electrons. The standard InChI is InChI=1S/C28H29Cl2FN2O2S/c1-19(2)32-28(35)26(15-20-7-4-3-5-8-20)33(16-23-24(29)9-6-10-25(23)30)27(34)18-36-17-21-11-13-22(31)14-12-21/h3-14,19,26H,15-18H2,1-2H3,(H,32,35)/t26-/m0/s1. The lowest BCUT2D eigenvalue weighted by atomic mass is 10.0. The first kappa shape index (κ1) is 28.0. The number of amides is 2. The highest BCUT2D eigenvalue weighted by Gasteiger charge is 2.31. The van der Waals surface area contributed by atoms with Crippen molar-refractivity contribution >= 4 is 46.8 Å². The lowest BCUT2D eigenvalue weighted by molar-refractivity contribution is -0.139. The average molecular weight is 548 g/mol. The lowest BCUT2D eigenvalue weighted by Crippen LogP contribution is -2.52. The molecule has 0 unspecified atom stereocenters. The van der Waals surface area contributed by atoms with E-state index in [1.807, 2.05) is 44.2 Å². The average Bonchev–Trinajstić information content (AvgIpc) is 2.84. The predicted molar refractivity (Wildman–Crippen MR) is 147 cm³/mol. The van der Waals surface area contributed by atoms with Crippen molar-refractivity contribution in [2.24, 2.45) is 0 Å². The number of nitrogens with one attached hydrogen (secondary N) is 1. The molecule has 0 fully saturated rings. The van der Waals surface area contributed by atoms with Crippen LogP contribution in [0.25, 0.3) is 0 Å². The third kappa shape index (κ3) is 8.26. The second-order valence-electron chi connectivity index (χ2n) is 8.71. The summed E-state index contributed by atoms with van der Waals surface area (Å²) in [5.41, 5.74) is 2.44. The van der Waals surface area contributed by atoms with Crippen LogP contribution in [0.15, 0.2) is 72.8 Å². The summed E-state index contributed by atoms with van der Waals surface area (Å²) in [7, 11) is 0. The highest BCUT2D eigenvalue weighted by Crippen LogP contribution is 2.28. The third-order valence-electron chi connectivity index (χ3n) is 5.50. The number of carbonyl (C=O) groups excluding carboxylic acids is 2. The van der Waals surface area contributed by atoms with Gasteiger partial charge in [-0.15, -0.1) is 11.8 Å². The van der Waals surface area contributed by atoms with E-state index in [9.17, 15) is 14.0 Å². The molecule has 2 amide bonds. The lowest BCUT2D eigenvalue weighted by Gasteiger charge is -2.32. The molecule has 36 heavy (non-hydrogen) atoms. The summed E-state index contributed by atoms with van der Waals surface area (Å²) >= 11 is 14.3. The van der Waals surface area contributed by atoms with Gasteiger partial charge in [-0.2, -0.15) is 0 Å². The topological polar surface area (TPSA) is 49.4 Å². The molecule has 1 atom stereocenters. The van der Waals surface area contributed by atoms with Crippen molar-refractivity contribution in [2.45, 2.75) is 44.6 Å². The normalized spacial score (nSPS) is 11.8. The Morgan fingerprint density at radius 3 is 2.17 bits per heavy atom. The molecule has 0 aliphatic rings. The Kier molecular flexibility index (Phi) is 10.7. The molecule has 0 bridgehead atoms. The molecule has 3 aromatic carbocycles. The zero-order chi connectivity index (χ0) is 26.1. The van der Waals surface area contributed by atoms with Gasteiger partial charge in [0.2, 0.25) is 11.8 Å². The molecular weight excluding hydrogens is 518 g/mol. The number of hydrogen-bond donors (Lipinski definition) is 1. The van der Waals surface area contributed by atoms with Crippen LogP contribution in [-0.2, 0) is 28.3 Å². The van der Waals surface area contributed by atoms with Crippen LogP contribution in [0.5, 0.6) is 0 Å². The molecule has 0 saturated heterocycles. The van der Waals surface area contributed by atoms with E-state index in [0.29, 0.717) is 27.8 Å². The van der Waals surface area contributed by atoms with E-state index in [1.165, 1.54) is 23.9 Å². The molecule has 8 heteroatoms. The largest absolute Gasteiger partial charge is 0.352 e. The number of hydrogen-bond acceptors (Lipinski definition) is 3. The Morgan fingerprint density at radius 2 is 1.56 bits per heavy atom. The Labute approximate surface area is 226 Å². The van der Waals surface area contributed by atoms with Crippen molar-refractivity contribution < 1.29 is 14.0 Å². The summed E-state index contributed by atoms with van der Waals surface area (Å²) in [6.07, 6.45) is 0.343. The quantitative estimate of drug-likeness (QED) is 0.297. The Bertz CT molecular complexity index is 1140. The number of halogens is 3. The van der Waals surface area contributed by atoms with Crippen LogP contribution >= 0.6 is 35.0 Å². The molecule has 0 aliphatic carbocycles. The summed E-state index contributed by atoms with van der Waals surface area (Å²) in [5, 5.41) is 3.82. The van der Waals surface area contributed by atoms with Gasteiger partial charge in [0, 0.05) is 40.4 Å². The number of nitrogens with zero attached hydrogens (tertiary/aromatic N) is 1. The smallest absolute Gasteiger partial charge is 0.243 e. The molecule has 0 aliphatic heterocycles. The molecule has 0 saturated carbocycles. The maximum atomic E-state index is 13.6. The summed E-state index contributed by atoms with van der Waals surface area (Å²) in [6.45, 7) is 3.86. The molecule has 0 aromatic heterocycles. The highest BCUT2D eigenvalue weighted by atomic mass is 35.5. The molecule has 4 nitrogen and oxygen atoms in total. The summed E-state index contributed by atoms with van der Waals surface area (Å²) in [6, 6.07) is 20.1. The van der Waals surface area contributed by atoms with Gasteiger partial charge in [0.05, 0.1) is 5.75 Å².